The smallest absolute Gasteiger partial charge is 0.220 e. The summed E-state index contributed by atoms with van der Waals surface area (Å²) in [7, 11) is 0. The van der Waals surface area contributed by atoms with Gasteiger partial charge in [-0.3, -0.25) is 4.79 Å². The number of amides is 1. The molecule has 2 aromatic rings. The van der Waals surface area contributed by atoms with Crippen molar-refractivity contribution in [2.24, 2.45) is 0 Å². The molecule has 5 heteroatoms. The third-order valence-corrected chi connectivity index (χ3v) is 3.90. The Hall–Kier alpha value is -2.20. The van der Waals surface area contributed by atoms with E-state index in [1.54, 1.807) is 0 Å². The van der Waals surface area contributed by atoms with E-state index in [0.717, 1.165) is 17.1 Å². The second-order valence-electron chi connectivity index (χ2n) is 5.43. The van der Waals surface area contributed by atoms with Gasteiger partial charge >= 0.3 is 0 Å². The molecular formula is C18H18ClNO3. The van der Waals surface area contributed by atoms with Gasteiger partial charge in [-0.15, -0.1) is 0 Å². The van der Waals surface area contributed by atoms with E-state index in [4.69, 9.17) is 21.1 Å². The predicted octanol–water partition coefficient (Wildman–Crippen LogP) is 3.23. The number of nitrogens with one attached hydrogen (secondary N) is 1. The highest BCUT2D eigenvalue weighted by atomic mass is 35.5. The Labute approximate surface area is 140 Å². The van der Waals surface area contributed by atoms with Crippen molar-refractivity contribution in [3.05, 3.63) is 59.1 Å². The molecule has 1 aliphatic rings. The number of fused-ring (bicyclic) bond motifs is 1. The van der Waals surface area contributed by atoms with Gasteiger partial charge in [0.15, 0.2) is 11.5 Å². The Kier molecular flexibility index (Phi) is 5.03. The summed E-state index contributed by atoms with van der Waals surface area (Å²) in [4.78, 5) is 11.9. The molecule has 0 unspecified atom stereocenters. The van der Waals surface area contributed by atoms with Gasteiger partial charge in [0.05, 0.1) is 6.54 Å². The minimum atomic E-state index is -0.163. The molecular weight excluding hydrogens is 314 g/mol. The van der Waals surface area contributed by atoms with Crippen LogP contribution in [0.2, 0.25) is 5.02 Å². The van der Waals surface area contributed by atoms with Crippen LogP contribution in [-0.2, 0) is 11.2 Å². The first-order valence-electron chi connectivity index (χ1n) is 7.60. The van der Waals surface area contributed by atoms with Gasteiger partial charge in [0, 0.05) is 11.4 Å². The Morgan fingerprint density at radius 1 is 1.13 bits per heavy atom. The highest BCUT2D eigenvalue weighted by Gasteiger charge is 2.20. The number of rotatable bonds is 5. The first kappa shape index (κ1) is 15.7. The van der Waals surface area contributed by atoms with Gasteiger partial charge in [-0.1, -0.05) is 35.9 Å². The van der Waals surface area contributed by atoms with E-state index in [1.807, 2.05) is 48.5 Å². The lowest BCUT2D eigenvalue weighted by Crippen LogP contribution is -2.40. The number of halogens is 1. The van der Waals surface area contributed by atoms with Crippen molar-refractivity contribution < 1.29 is 14.3 Å². The molecule has 1 aliphatic heterocycles. The topological polar surface area (TPSA) is 47.6 Å². The van der Waals surface area contributed by atoms with Crippen LogP contribution in [0.25, 0.3) is 0 Å². The van der Waals surface area contributed by atoms with Gasteiger partial charge in [0.2, 0.25) is 5.91 Å². The molecule has 1 atom stereocenters. The van der Waals surface area contributed by atoms with Crippen molar-refractivity contribution in [1.82, 2.24) is 5.32 Å². The molecule has 0 spiro atoms. The summed E-state index contributed by atoms with van der Waals surface area (Å²) in [6.45, 7) is 0.877. The zero-order chi connectivity index (χ0) is 16.1. The van der Waals surface area contributed by atoms with E-state index in [2.05, 4.69) is 5.32 Å². The van der Waals surface area contributed by atoms with E-state index in [-0.39, 0.29) is 12.0 Å². The molecule has 0 bridgehead atoms. The average molecular weight is 332 g/mol. The second-order valence-corrected chi connectivity index (χ2v) is 5.86. The van der Waals surface area contributed by atoms with Crippen LogP contribution in [0.3, 0.4) is 0 Å². The number of ether oxygens (including phenoxy) is 2. The van der Waals surface area contributed by atoms with Gasteiger partial charge in [-0.2, -0.15) is 0 Å². The van der Waals surface area contributed by atoms with Crippen LogP contribution < -0.4 is 14.8 Å². The van der Waals surface area contributed by atoms with E-state index < -0.39 is 0 Å². The number of carbonyl (C=O) groups is 1. The molecule has 0 aliphatic carbocycles. The molecule has 23 heavy (non-hydrogen) atoms. The van der Waals surface area contributed by atoms with Crippen LogP contribution in [0.4, 0.5) is 0 Å². The molecule has 1 amide bonds. The van der Waals surface area contributed by atoms with Crippen LogP contribution >= 0.6 is 11.6 Å². The summed E-state index contributed by atoms with van der Waals surface area (Å²) in [6.07, 6.45) is 0.962. The zero-order valence-electron chi connectivity index (χ0n) is 12.6. The maximum Gasteiger partial charge on any atom is 0.220 e. The number of benzene rings is 2. The lowest BCUT2D eigenvalue weighted by Gasteiger charge is -2.26. The van der Waals surface area contributed by atoms with Crippen molar-refractivity contribution >= 4 is 17.5 Å². The van der Waals surface area contributed by atoms with E-state index >= 15 is 0 Å². The Bertz CT molecular complexity index is 672. The largest absolute Gasteiger partial charge is 0.486 e. The fourth-order valence-electron chi connectivity index (χ4n) is 2.39. The average Bonchev–Trinajstić information content (AvgIpc) is 2.59. The molecule has 1 N–H and O–H groups in total. The van der Waals surface area contributed by atoms with Crippen LogP contribution in [-0.4, -0.2) is 25.2 Å². The summed E-state index contributed by atoms with van der Waals surface area (Å²) < 4.78 is 11.4. The van der Waals surface area contributed by atoms with Crippen LogP contribution in [0.5, 0.6) is 11.5 Å². The number of para-hydroxylation sites is 2. The molecule has 4 nitrogen and oxygen atoms in total. The van der Waals surface area contributed by atoms with Gasteiger partial charge in [-0.05, 0) is 36.2 Å². The molecule has 3 rings (SSSR count). The minimum absolute atomic E-state index is 0.00223. The van der Waals surface area contributed by atoms with Gasteiger partial charge in [0.1, 0.15) is 12.7 Å². The highest BCUT2D eigenvalue weighted by molar-refractivity contribution is 6.30. The monoisotopic (exact) mass is 331 g/mol. The molecule has 1 heterocycles. The summed E-state index contributed by atoms with van der Waals surface area (Å²) in [5.41, 5.74) is 1.09. The first-order chi connectivity index (χ1) is 11.2. The minimum Gasteiger partial charge on any atom is -0.486 e. The Morgan fingerprint density at radius 2 is 1.87 bits per heavy atom. The predicted molar refractivity (Wildman–Crippen MR) is 89.1 cm³/mol. The maximum absolute atomic E-state index is 11.9. The van der Waals surface area contributed by atoms with Gasteiger partial charge < -0.3 is 14.8 Å². The van der Waals surface area contributed by atoms with Crippen molar-refractivity contribution in [2.75, 3.05) is 13.2 Å². The first-order valence-corrected chi connectivity index (χ1v) is 7.98. The van der Waals surface area contributed by atoms with E-state index in [0.29, 0.717) is 31.0 Å². The van der Waals surface area contributed by atoms with Crippen molar-refractivity contribution in [1.29, 1.82) is 0 Å². The van der Waals surface area contributed by atoms with Gasteiger partial charge in [-0.25, -0.2) is 0 Å². The van der Waals surface area contributed by atoms with Crippen LogP contribution in [0.15, 0.2) is 48.5 Å². The summed E-state index contributed by atoms with van der Waals surface area (Å²) in [5, 5.41) is 3.60. The van der Waals surface area contributed by atoms with Gasteiger partial charge in [0.25, 0.3) is 0 Å². The highest BCUT2D eigenvalue weighted by Crippen LogP contribution is 2.30. The fraction of sp³-hybridized carbons (Fsp3) is 0.278. The third-order valence-electron chi connectivity index (χ3n) is 3.65. The zero-order valence-corrected chi connectivity index (χ0v) is 13.4. The lowest BCUT2D eigenvalue weighted by molar-refractivity contribution is -0.121. The molecule has 0 saturated carbocycles. The third kappa shape index (κ3) is 4.39. The molecule has 2 aromatic carbocycles. The van der Waals surface area contributed by atoms with Crippen LogP contribution in [0.1, 0.15) is 12.0 Å². The van der Waals surface area contributed by atoms with Crippen molar-refractivity contribution in [3.8, 4) is 11.5 Å². The number of aryl methyl sites for hydroxylation is 1. The number of hydrogen-bond donors (Lipinski definition) is 1. The second kappa shape index (κ2) is 7.38. The molecule has 0 radical (unpaired) electrons. The number of hydrogen-bond acceptors (Lipinski definition) is 3. The SMILES string of the molecule is O=C(CCc1ccc(Cl)cc1)NC[C@@H]1COc2ccccc2O1. The molecule has 0 aromatic heterocycles. The maximum atomic E-state index is 11.9. The standard InChI is InChI=1S/C18H18ClNO3/c19-14-8-5-13(6-9-14)7-10-18(21)20-11-15-12-22-16-3-1-2-4-17(16)23-15/h1-6,8-9,15H,7,10-12H2,(H,20,21)/t15-/m1/s1. The van der Waals surface area contributed by atoms with E-state index in [1.165, 1.54) is 0 Å². The fourth-order valence-corrected chi connectivity index (χ4v) is 2.51. The Balaban J connectivity index is 1.42. The van der Waals surface area contributed by atoms with Crippen LogP contribution in [0, 0.1) is 0 Å². The quantitative estimate of drug-likeness (QED) is 0.915. The molecule has 0 saturated heterocycles. The summed E-state index contributed by atoms with van der Waals surface area (Å²) >= 11 is 5.84. The lowest BCUT2D eigenvalue weighted by atomic mass is 10.1. The summed E-state index contributed by atoms with van der Waals surface area (Å²) in [5.74, 6) is 1.47. The van der Waals surface area contributed by atoms with Crippen molar-refractivity contribution in [2.45, 2.75) is 18.9 Å². The normalized spacial score (nSPS) is 16.0. The molecule has 0 fully saturated rings. The summed E-state index contributed by atoms with van der Waals surface area (Å²) in [6, 6.07) is 15.1. The molecule has 120 valence electrons. The Morgan fingerprint density at radius 3 is 2.65 bits per heavy atom. The van der Waals surface area contributed by atoms with E-state index in [9.17, 15) is 4.79 Å². The number of carbonyl (C=O) groups excluding carboxylic acids is 1. The van der Waals surface area contributed by atoms with Crippen molar-refractivity contribution in [3.63, 3.8) is 0 Å².